The van der Waals surface area contributed by atoms with Crippen LogP contribution in [0.3, 0.4) is 0 Å². The van der Waals surface area contributed by atoms with Crippen LogP contribution in [0.2, 0.25) is 0 Å². The maximum absolute atomic E-state index is 3.46. The molecule has 0 saturated heterocycles. The molecule has 0 saturated carbocycles. The molecule has 1 nitrogen and oxygen atoms in total. The fraction of sp³-hybridized carbons (Fsp3) is 0.529. The minimum absolute atomic E-state index is 0. The van der Waals surface area contributed by atoms with Crippen molar-refractivity contribution in [3.8, 4) is 0 Å². The van der Waals surface area contributed by atoms with Crippen molar-refractivity contribution < 1.29 is 0 Å². The van der Waals surface area contributed by atoms with Crippen molar-refractivity contribution in [2.45, 2.75) is 46.1 Å². The first-order valence-electron chi connectivity index (χ1n) is 6.96. The standard InChI is InChI=1S/C17H25N.ClH/c1-13-15(10-11-17(13,2)3)12-16(18-4)14-8-6-5-7-9-14;/h5-9,16,18H,10-12H2,1-4H3;1H. The van der Waals surface area contributed by atoms with Crippen LogP contribution < -0.4 is 5.32 Å². The summed E-state index contributed by atoms with van der Waals surface area (Å²) in [6.45, 7) is 7.05. The minimum atomic E-state index is 0. The van der Waals surface area contributed by atoms with E-state index in [1.54, 1.807) is 11.1 Å². The van der Waals surface area contributed by atoms with Gasteiger partial charge in [0.25, 0.3) is 0 Å². The maximum Gasteiger partial charge on any atom is 0.0355 e. The summed E-state index contributed by atoms with van der Waals surface area (Å²) in [7, 11) is 2.06. The molecule has 1 unspecified atom stereocenters. The second-order valence-corrected chi connectivity index (χ2v) is 6.07. The second-order valence-electron chi connectivity index (χ2n) is 6.07. The third-order valence-electron chi connectivity index (χ3n) is 4.60. The van der Waals surface area contributed by atoms with E-state index in [1.807, 2.05) is 0 Å². The number of hydrogen-bond donors (Lipinski definition) is 1. The molecule has 0 aliphatic heterocycles. The van der Waals surface area contributed by atoms with Gasteiger partial charge in [-0.25, -0.2) is 0 Å². The van der Waals surface area contributed by atoms with Gasteiger partial charge in [-0.15, -0.1) is 12.4 Å². The molecule has 0 heterocycles. The third-order valence-corrected chi connectivity index (χ3v) is 4.60. The zero-order valence-electron chi connectivity index (χ0n) is 12.5. The second kappa shape index (κ2) is 6.58. The topological polar surface area (TPSA) is 12.0 Å². The van der Waals surface area contributed by atoms with Gasteiger partial charge in [0.05, 0.1) is 0 Å². The molecule has 0 aromatic heterocycles. The van der Waals surface area contributed by atoms with E-state index < -0.39 is 0 Å². The highest BCUT2D eigenvalue weighted by Crippen LogP contribution is 2.44. The average molecular weight is 280 g/mol. The predicted molar refractivity (Wildman–Crippen MR) is 85.8 cm³/mol. The molecule has 0 radical (unpaired) electrons. The van der Waals surface area contributed by atoms with Gasteiger partial charge in [-0.3, -0.25) is 0 Å². The third kappa shape index (κ3) is 3.61. The number of nitrogens with one attached hydrogen (secondary N) is 1. The lowest BCUT2D eigenvalue weighted by Crippen LogP contribution is -2.17. The van der Waals surface area contributed by atoms with E-state index in [2.05, 4.69) is 63.5 Å². The first kappa shape index (κ1) is 16.3. The molecule has 19 heavy (non-hydrogen) atoms. The smallest absolute Gasteiger partial charge is 0.0355 e. The number of halogens is 1. The Morgan fingerprint density at radius 3 is 2.32 bits per heavy atom. The van der Waals surface area contributed by atoms with Gasteiger partial charge in [0.15, 0.2) is 0 Å². The lowest BCUT2D eigenvalue weighted by molar-refractivity contribution is 0.442. The van der Waals surface area contributed by atoms with Crippen molar-refractivity contribution in [1.82, 2.24) is 5.32 Å². The van der Waals surface area contributed by atoms with Crippen LogP contribution in [0.5, 0.6) is 0 Å². The van der Waals surface area contributed by atoms with Crippen molar-refractivity contribution in [3.63, 3.8) is 0 Å². The molecular weight excluding hydrogens is 254 g/mol. The van der Waals surface area contributed by atoms with Crippen molar-refractivity contribution in [3.05, 3.63) is 47.0 Å². The van der Waals surface area contributed by atoms with Gasteiger partial charge in [-0.05, 0) is 44.2 Å². The molecule has 106 valence electrons. The van der Waals surface area contributed by atoms with Crippen molar-refractivity contribution >= 4 is 12.4 Å². The Labute approximate surface area is 123 Å². The molecule has 0 amide bonds. The van der Waals surface area contributed by atoms with Crippen LogP contribution in [0.25, 0.3) is 0 Å². The zero-order valence-corrected chi connectivity index (χ0v) is 13.3. The summed E-state index contributed by atoms with van der Waals surface area (Å²) < 4.78 is 0. The Bertz CT molecular complexity index is 434. The van der Waals surface area contributed by atoms with Crippen LogP contribution >= 0.6 is 12.4 Å². The molecule has 2 rings (SSSR count). The molecule has 1 aromatic rings. The largest absolute Gasteiger partial charge is 0.313 e. The van der Waals surface area contributed by atoms with Gasteiger partial charge in [-0.2, -0.15) is 0 Å². The molecule has 1 aromatic carbocycles. The Morgan fingerprint density at radius 1 is 1.21 bits per heavy atom. The van der Waals surface area contributed by atoms with Gasteiger partial charge in [0, 0.05) is 6.04 Å². The molecule has 1 N–H and O–H groups in total. The van der Waals surface area contributed by atoms with Crippen LogP contribution in [-0.2, 0) is 0 Å². The summed E-state index contributed by atoms with van der Waals surface area (Å²) in [5.41, 5.74) is 5.07. The molecular formula is C17H26ClN. The Morgan fingerprint density at radius 2 is 1.84 bits per heavy atom. The van der Waals surface area contributed by atoms with Gasteiger partial charge in [0.1, 0.15) is 0 Å². The number of benzene rings is 1. The van der Waals surface area contributed by atoms with E-state index in [0.717, 1.165) is 6.42 Å². The van der Waals surface area contributed by atoms with Crippen molar-refractivity contribution in [2.75, 3.05) is 7.05 Å². The molecule has 0 fully saturated rings. The van der Waals surface area contributed by atoms with Crippen LogP contribution in [0, 0.1) is 5.41 Å². The molecule has 1 atom stereocenters. The molecule has 1 aliphatic rings. The van der Waals surface area contributed by atoms with E-state index in [-0.39, 0.29) is 12.4 Å². The Balaban J connectivity index is 0.00000180. The SMILES string of the molecule is CNC(CC1=C(C)C(C)(C)CC1)c1ccccc1.Cl. The van der Waals surface area contributed by atoms with E-state index in [1.165, 1.54) is 18.4 Å². The Hall–Kier alpha value is -0.790. The van der Waals surface area contributed by atoms with E-state index >= 15 is 0 Å². The molecule has 0 bridgehead atoms. The number of allylic oxidation sites excluding steroid dienone is 1. The predicted octanol–water partition coefficient (Wildman–Crippen LogP) is 4.90. The number of rotatable bonds is 4. The highest BCUT2D eigenvalue weighted by Gasteiger charge is 2.30. The van der Waals surface area contributed by atoms with E-state index in [4.69, 9.17) is 0 Å². The van der Waals surface area contributed by atoms with Gasteiger partial charge in [-0.1, -0.05) is 55.3 Å². The molecule has 0 spiro atoms. The summed E-state index contributed by atoms with van der Waals surface area (Å²) in [6.07, 6.45) is 3.72. The first-order valence-corrected chi connectivity index (χ1v) is 6.96. The summed E-state index contributed by atoms with van der Waals surface area (Å²) in [5.74, 6) is 0. The summed E-state index contributed by atoms with van der Waals surface area (Å²) in [5, 5.41) is 3.46. The van der Waals surface area contributed by atoms with Crippen molar-refractivity contribution in [1.29, 1.82) is 0 Å². The normalized spacial score (nSPS) is 19.2. The van der Waals surface area contributed by atoms with Gasteiger partial charge in [0.2, 0.25) is 0 Å². The highest BCUT2D eigenvalue weighted by atomic mass is 35.5. The summed E-state index contributed by atoms with van der Waals surface area (Å²) in [6, 6.07) is 11.2. The average Bonchev–Trinajstić information content (AvgIpc) is 2.63. The quantitative estimate of drug-likeness (QED) is 0.774. The lowest BCUT2D eigenvalue weighted by Gasteiger charge is -2.21. The van der Waals surface area contributed by atoms with Crippen LogP contribution in [0.1, 0.15) is 51.6 Å². The van der Waals surface area contributed by atoms with Gasteiger partial charge < -0.3 is 5.32 Å². The highest BCUT2D eigenvalue weighted by molar-refractivity contribution is 5.85. The minimum Gasteiger partial charge on any atom is -0.313 e. The molecule has 2 heteroatoms. The maximum atomic E-state index is 3.46. The summed E-state index contributed by atoms with van der Waals surface area (Å²) >= 11 is 0. The van der Waals surface area contributed by atoms with Gasteiger partial charge >= 0.3 is 0 Å². The van der Waals surface area contributed by atoms with Crippen molar-refractivity contribution in [2.24, 2.45) is 5.41 Å². The van der Waals surface area contributed by atoms with Crippen LogP contribution in [0.4, 0.5) is 0 Å². The zero-order chi connectivity index (χ0) is 13.2. The fourth-order valence-corrected chi connectivity index (χ4v) is 2.89. The lowest BCUT2D eigenvalue weighted by atomic mass is 9.86. The van der Waals surface area contributed by atoms with E-state index in [0.29, 0.717) is 11.5 Å². The monoisotopic (exact) mass is 279 g/mol. The van der Waals surface area contributed by atoms with Crippen LogP contribution in [-0.4, -0.2) is 7.05 Å². The number of hydrogen-bond acceptors (Lipinski definition) is 1. The van der Waals surface area contributed by atoms with Crippen LogP contribution in [0.15, 0.2) is 41.5 Å². The fourth-order valence-electron chi connectivity index (χ4n) is 2.89. The first-order chi connectivity index (χ1) is 8.54. The summed E-state index contributed by atoms with van der Waals surface area (Å²) in [4.78, 5) is 0. The molecule has 1 aliphatic carbocycles. The Kier molecular flexibility index (Phi) is 5.64. The van der Waals surface area contributed by atoms with E-state index in [9.17, 15) is 0 Å².